The van der Waals surface area contributed by atoms with Crippen molar-refractivity contribution in [1.29, 1.82) is 0 Å². The summed E-state index contributed by atoms with van der Waals surface area (Å²) in [6.45, 7) is 15.8. The number of fused-ring (bicyclic) bond motifs is 1. The lowest BCUT2D eigenvalue weighted by atomic mass is 9.61. The topological polar surface area (TPSA) is 27.7 Å². The zero-order chi connectivity index (χ0) is 18.2. The highest BCUT2D eigenvalue weighted by molar-refractivity contribution is 6.70. The molecule has 2 fully saturated rings. The number of hydrogen-bond donors (Lipinski definition) is 0. The van der Waals surface area contributed by atoms with Gasteiger partial charge in [-0.05, 0) is 80.5 Å². The van der Waals surface area contributed by atoms with Crippen LogP contribution in [0.5, 0.6) is 0 Å². The molecule has 144 valence electrons. The first-order valence-corrected chi connectivity index (χ1v) is 13.7. The van der Waals surface area contributed by atoms with E-state index in [2.05, 4.69) is 46.5 Å². The number of hydrogen-bond acceptors (Lipinski definition) is 3. The summed E-state index contributed by atoms with van der Waals surface area (Å²) >= 11 is 0. The maximum Gasteiger partial charge on any atom is 0.241 e. The van der Waals surface area contributed by atoms with Crippen LogP contribution in [0, 0.1) is 29.1 Å². The van der Waals surface area contributed by atoms with Crippen LogP contribution < -0.4 is 0 Å². The second-order valence-electron chi connectivity index (χ2n) is 9.97. The van der Waals surface area contributed by atoms with Crippen LogP contribution >= 0.6 is 0 Å². The zero-order valence-corrected chi connectivity index (χ0v) is 18.1. The largest absolute Gasteiger partial charge is 0.548 e. The van der Waals surface area contributed by atoms with Crippen molar-refractivity contribution in [2.75, 3.05) is 13.2 Å². The lowest BCUT2D eigenvalue weighted by Gasteiger charge is -2.45. The van der Waals surface area contributed by atoms with E-state index in [0.717, 1.165) is 50.2 Å². The monoisotopic (exact) mass is 366 g/mol. The molecule has 1 heterocycles. The van der Waals surface area contributed by atoms with E-state index in [-0.39, 0.29) is 6.29 Å². The molecule has 0 radical (unpaired) electrons. The average molecular weight is 367 g/mol. The molecule has 25 heavy (non-hydrogen) atoms. The maximum absolute atomic E-state index is 6.50. The zero-order valence-electron chi connectivity index (χ0n) is 17.1. The Bertz CT molecular complexity index is 490. The standard InChI is InChI=1S/C21H38O3Si/c1-15(2)18-9-10-21(3)16(7-8-20-22-11-12-23-20)13-17(14-19(18)21)24-25(4,5)6/h13,15-16,18-20H,7-12,14H2,1-6H3/t16-,18+,19+,21-/m1/s1. The number of allylic oxidation sites excluding steroid dienone is 2. The smallest absolute Gasteiger partial charge is 0.241 e. The molecule has 3 aliphatic rings. The molecule has 4 atom stereocenters. The van der Waals surface area contributed by atoms with Gasteiger partial charge in [0.1, 0.15) is 0 Å². The van der Waals surface area contributed by atoms with Crippen LogP contribution in [-0.2, 0) is 13.9 Å². The van der Waals surface area contributed by atoms with Crippen LogP contribution in [0.15, 0.2) is 11.8 Å². The maximum atomic E-state index is 6.50. The predicted molar refractivity (Wildman–Crippen MR) is 105 cm³/mol. The summed E-state index contributed by atoms with van der Waals surface area (Å²) in [7, 11) is -1.56. The van der Waals surface area contributed by atoms with Crippen LogP contribution in [0.25, 0.3) is 0 Å². The Kier molecular flexibility index (Phi) is 5.72. The molecular weight excluding hydrogens is 328 g/mol. The lowest BCUT2D eigenvalue weighted by molar-refractivity contribution is -0.0542. The van der Waals surface area contributed by atoms with Crippen LogP contribution in [0.2, 0.25) is 19.6 Å². The van der Waals surface area contributed by atoms with Gasteiger partial charge >= 0.3 is 0 Å². The van der Waals surface area contributed by atoms with Gasteiger partial charge in [-0.2, -0.15) is 0 Å². The highest BCUT2D eigenvalue weighted by Gasteiger charge is 2.52. The second-order valence-corrected chi connectivity index (χ2v) is 14.4. The highest BCUT2D eigenvalue weighted by Crippen LogP contribution is 2.59. The van der Waals surface area contributed by atoms with Crippen molar-refractivity contribution in [3.05, 3.63) is 11.8 Å². The Morgan fingerprint density at radius 1 is 1.20 bits per heavy atom. The fourth-order valence-corrected chi connectivity index (χ4v) is 6.41. The van der Waals surface area contributed by atoms with Crippen LogP contribution in [-0.4, -0.2) is 27.8 Å². The van der Waals surface area contributed by atoms with Crippen LogP contribution in [0.3, 0.4) is 0 Å². The van der Waals surface area contributed by atoms with Crippen LogP contribution in [0.4, 0.5) is 0 Å². The second kappa shape index (κ2) is 7.36. The van der Waals surface area contributed by atoms with Gasteiger partial charge in [0.25, 0.3) is 0 Å². The normalized spacial score (nSPS) is 36.6. The third kappa shape index (κ3) is 4.33. The summed E-state index contributed by atoms with van der Waals surface area (Å²) in [4.78, 5) is 0. The lowest BCUT2D eigenvalue weighted by Crippen LogP contribution is -2.39. The molecule has 0 N–H and O–H groups in total. The molecule has 0 unspecified atom stereocenters. The van der Waals surface area contributed by atoms with Gasteiger partial charge in [-0.25, -0.2) is 0 Å². The molecule has 2 aliphatic carbocycles. The van der Waals surface area contributed by atoms with E-state index in [0.29, 0.717) is 11.3 Å². The molecule has 1 saturated heterocycles. The molecule has 1 saturated carbocycles. The summed E-state index contributed by atoms with van der Waals surface area (Å²) in [6.07, 6.45) is 8.55. The van der Waals surface area contributed by atoms with Crippen molar-refractivity contribution in [3.63, 3.8) is 0 Å². The van der Waals surface area contributed by atoms with E-state index < -0.39 is 8.32 Å². The SMILES string of the molecule is CC(C)[C@@H]1CC[C@]2(C)[C@H](CCC3OCCO3)C=C(O[Si](C)(C)C)C[C@@H]12. The minimum atomic E-state index is -1.56. The van der Waals surface area contributed by atoms with Crippen molar-refractivity contribution in [3.8, 4) is 0 Å². The summed E-state index contributed by atoms with van der Waals surface area (Å²) in [5.74, 6) is 4.24. The van der Waals surface area contributed by atoms with Gasteiger partial charge in [0.2, 0.25) is 8.32 Å². The predicted octanol–water partition coefficient (Wildman–Crippen LogP) is 5.58. The van der Waals surface area contributed by atoms with E-state index in [1.807, 2.05) is 0 Å². The van der Waals surface area contributed by atoms with Crippen molar-refractivity contribution in [1.82, 2.24) is 0 Å². The third-order valence-electron chi connectivity index (χ3n) is 6.73. The van der Waals surface area contributed by atoms with Gasteiger partial charge in [0.05, 0.1) is 19.0 Å². The first-order chi connectivity index (χ1) is 11.7. The van der Waals surface area contributed by atoms with E-state index in [9.17, 15) is 0 Å². The van der Waals surface area contributed by atoms with E-state index in [4.69, 9.17) is 13.9 Å². The molecule has 3 rings (SSSR count). The Morgan fingerprint density at radius 2 is 1.88 bits per heavy atom. The fourth-order valence-electron chi connectivity index (χ4n) is 5.47. The van der Waals surface area contributed by atoms with Crippen molar-refractivity contribution in [2.45, 2.75) is 78.8 Å². The average Bonchev–Trinajstić information content (AvgIpc) is 3.11. The molecule has 0 aromatic rings. The van der Waals surface area contributed by atoms with Gasteiger partial charge in [-0.1, -0.05) is 20.8 Å². The van der Waals surface area contributed by atoms with Crippen molar-refractivity contribution < 1.29 is 13.9 Å². The minimum Gasteiger partial charge on any atom is -0.548 e. The van der Waals surface area contributed by atoms with Crippen molar-refractivity contribution >= 4 is 8.32 Å². The quantitative estimate of drug-likeness (QED) is 0.574. The molecule has 0 amide bonds. The molecule has 3 nitrogen and oxygen atoms in total. The van der Waals surface area contributed by atoms with Gasteiger partial charge in [0, 0.05) is 6.42 Å². The summed E-state index contributed by atoms with van der Waals surface area (Å²) in [6, 6.07) is 0. The molecular formula is C21H38O3Si. The Morgan fingerprint density at radius 3 is 2.48 bits per heavy atom. The Hall–Kier alpha value is -0.323. The van der Waals surface area contributed by atoms with Crippen molar-refractivity contribution in [2.24, 2.45) is 29.1 Å². The van der Waals surface area contributed by atoms with E-state index in [1.54, 1.807) is 0 Å². The minimum absolute atomic E-state index is 0.0148. The molecule has 4 heteroatoms. The Balaban J connectivity index is 1.79. The molecule has 0 bridgehead atoms. The molecule has 1 aliphatic heterocycles. The summed E-state index contributed by atoms with van der Waals surface area (Å²) in [5, 5.41) is 0. The molecule has 0 aromatic heterocycles. The summed E-state index contributed by atoms with van der Waals surface area (Å²) in [5.41, 5.74) is 0.417. The molecule has 0 aromatic carbocycles. The van der Waals surface area contributed by atoms with Gasteiger partial charge in [-0.3, -0.25) is 0 Å². The van der Waals surface area contributed by atoms with Gasteiger partial charge < -0.3 is 13.9 Å². The van der Waals surface area contributed by atoms with Gasteiger partial charge in [-0.15, -0.1) is 0 Å². The fraction of sp³-hybridized carbons (Fsp3) is 0.905. The Labute approximate surface area is 155 Å². The van der Waals surface area contributed by atoms with Gasteiger partial charge in [0.15, 0.2) is 6.29 Å². The number of ether oxygens (including phenoxy) is 2. The molecule has 0 spiro atoms. The third-order valence-corrected chi connectivity index (χ3v) is 7.61. The highest BCUT2D eigenvalue weighted by atomic mass is 28.4. The number of rotatable bonds is 6. The van der Waals surface area contributed by atoms with E-state index in [1.165, 1.54) is 18.6 Å². The first kappa shape index (κ1) is 19.4. The summed E-state index contributed by atoms with van der Waals surface area (Å²) < 4.78 is 17.9. The van der Waals surface area contributed by atoms with Crippen LogP contribution in [0.1, 0.15) is 52.9 Å². The first-order valence-electron chi connectivity index (χ1n) is 10.3. The van der Waals surface area contributed by atoms with E-state index >= 15 is 0 Å².